The molecule has 0 saturated carbocycles. The van der Waals surface area contributed by atoms with Gasteiger partial charge in [0.05, 0.1) is 4.90 Å². The fourth-order valence-electron chi connectivity index (χ4n) is 4.01. The smallest absolute Gasteiger partial charge is 0.253 e. The molecule has 0 aliphatic carbocycles. The molecule has 3 aromatic carbocycles. The Labute approximate surface area is 212 Å². The molecule has 37 heavy (non-hydrogen) atoms. The van der Waals surface area contributed by atoms with Crippen molar-refractivity contribution in [2.45, 2.75) is 11.8 Å². The number of aromatic nitrogens is 2. The fraction of sp³-hybridized carbons (Fsp3) is 0.192. The van der Waals surface area contributed by atoms with E-state index < -0.39 is 21.7 Å². The van der Waals surface area contributed by atoms with Crippen LogP contribution < -0.4 is 0 Å². The van der Waals surface area contributed by atoms with Crippen LogP contribution in [-0.2, 0) is 10.0 Å². The van der Waals surface area contributed by atoms with E-state index in [4.69, 9.17) is 4.42 Å². The van der Waals surface area contributed by atoms with Crippen LogP contribution in [-0.4, -0.2) is 59.9 Å². The predicted octanol–water partition coefficient (Wildman–Crippen LogP) is 4.14. The average molecular weight is 525 g/mol. The van der Waals surface area contributed by atoms with Gasteiger partial charge in [-0.25, -0.2) is 17.2 Å². The van der Waals surface area contributed by atoms with Crippen LogP contribution in [0.2, 0.25) is 0 Å². The van der Waals surface area contributed by atoms with Crippen molar-refractivity contribution in [3.05, 3.63) is 89.5 Å². The van der Waals surface area contributed by atoms with Gasteiger partial charge in [0.25, 0.3) is 5.91 Å². The van der Waals surface area contributed by atoms with Crippen molar-refractivity contribution in [1.29, 1.82) is 0 Å². The number of sulfonamides is 1. The lowest BCUT2D eigenvalue weighted by atomic mass is 10.1. The maximum Gasteiger partial charge on any atom is 0.253 e. The maximum atomic E-state index is 13.5. The highest BCUT2D eigenvalue weighted by Crippen LogP contribution is 2.25. The molecule has 11 heteroatoms. The van der Waals surface area contributed by atoms with Gasteiger partial charge in [-0.05, 0) is 61.5 Å². The van der Waals surface area contributed by atoms with Gasteiger partial charge in [-0.15, -0.1) is 10.2 Å². The lowest BCUT2D eigenvalue weighted by molar-refractivity contribution is 0.0698. The summed E-state index contributed by atoms with van der Waals surface area (Å²) in [5.41, 5.74) is 3.01. The Bertz CT molecular complexity index is 1550. The largest absolute Gasteiger partial charge is 0.416 e. The van der Waals surface area contributed by atoms with E-state index in [1.165, 1.54) is 0 Å². The number of amides is 1. The van der Waals surface area contributed by atoms with Gasteiger partial charge in [-0.1, -0.05) is 17.7 Å². The Balaban J connectivity index is 1.23. The van der Waals surface area contributed by atoms with E-state index in [1.54, 1.807) is 29.2 Å². The second-order valence-corrected chi connectivity index (χ2v) is 10.6. The number of nitrogens with zero attached hydrogens (tertiary/aromatic N) is 4. The third-order valence-electron chi connectivity index (χ3n) is 6.16. The van der Waals surface area contributed by atoms with Gasteiger partial charge in [0.1, 0.15) is 0 Å². The fourth-order valence-corrected chi connectivity index (χ4v) is 5.44. The molecule has 0 bridgehead atoms. The second-order valence-electron chi connectivity index (χ2n) is 8.63. The quantitative estimate of drug-likeness (QED) is 0.389. The molecule has 0 unspecified atom stereocenters. The van der Waals surface area contributed by atoms with Crippen LogP contribution in [0.5, 0.6) is 0 Å². The van der Waals surface area contributed by atoms with Gasteiger partial charge in [0, 0.05) is 42.9 Å². The summed E-state index contributed by atoms with van der Waals surface area (Å²) in [4.78, 5) is 14.2. The van der Waals surface area contributed by atoms with E-state index >= 15 is 0 Å². The number of halogens is 2. The summed E-state index contributed by atoms with van der Waals surface area (Å²) < 4.78 is 59.3. The van der Waals surface area contributed by atoms with E-state index in [9.17, 15) is 22.0 Å². The van der Waals surface area contributed by atoms with Crippen molar-refractivity contribution in [1.82, 2.24) is 19.4 Å². The van der Waals surface area contributed by atoms with Crippen LogP contribution in [0, 0.1) is 18.6 Å². The van der Waals surface area contributed by atoms with Gasteiger partial charge in [-0.2, -0.15) is 4.31 Å². The number of carbonyl (C=O) groups is 1. The summed E-state index contributed by atoms with van der Waals surface area (Å²) in [6, 6.07) is 16.9. The molecular formula is C26H22F2N4O4S. The normalized spacial score (nSPS) is 14.6. The first-order valence-corrected chi connectivity index (χ1v) is 12.9. The van der Waals surface area contributed by atoms with Crippen molar-refractivity contribution < 1.29 is 26.4 Å². The monoisotopic (exact) mass is 524 g/mol. The van der Waals surface area contributed by atoms with Crippen LogP contribution >= 0.6 is 0 Å². The summed E-state index contributed by atoms with van der Waals surface area (Å²) in [5, 5.41) is 8.19. The third kappa shape index (κ3) is 5.00. The molecule has 4 aromatic rings. The molecule has 1 amide bonds. The molecule has 8 nitrogen and oxygen atoms in total. The Morgan fingerprint density at radius 1 is 0.811 bits per heavy atom. The van der Waals surface area contributed by atoms with Crippen molar-refractivity contribution in [2.24, 2.45) is 0 Å². The number of carbonyl (C=O) groups excluding carboxylic acids is 1. The molecule has 1 aromatic heterocycles. The zero-order valence-electron chi connectivity index (χ0n) is 19.8. The minimum atomic E-state index is -4.01. The highest BCUT2D eigenvalue weighted by molar-refractivity contribution is 7.89. The molecule has 5 rings (SSSR count). The molecular weight excluding hydrogens is 502 g/mol. The maximum absolute atomic E-state index is 13.5. The van der Waals surface area contributed by atoms with Crippen LogP contribution in [0.3, 0.4) is 0 Å². The number of benzene rings is 3. The lowest BCUT2D eigenvalue weighted by Gasteiger charge is -2.34. The minimum absolute atomic E-state index is 0.0366. The zero-order chi connectivity index (χ0) is 26.2. The molecule has 0 N–H and O–H groups in total. The summed E-state index contributed by atoms with van der Waals surface area (Å²) in [6.45, 7) is 2.38. The summed E-state index contributed by atoms with van der Waals surface area (Å²) >= 11 is 0. The van der Waals surface area contributed by atoms with Crippen LogP contribution in [0.4, 0.5) is 8.78 Å². The Morgan fingerprint density at radius 3 is 1.95 bits per heavy atom. The zero-order valence-corrected chi connectivity index (χ0v) is 20.6. The molecule has 1 aliphatic heterocycles. The summed E-state index contributed by atoms with van der Waals surface area (Å²) in [6.07, 6.45) is 0. The van der Waals surface area contributed by atoms with Crippen molar-refractivity contribution >= 4 is 15.9 Å². The highest BCUT2D eigenvalue weighted by Gasteiger charge is 2.31. The van der Waals surface area contributed by atoms with E-state index in [0.717, 1.165) is 27.6 Å². The predicted molar refractivity (Wildman–Crippen MR) is 131 cm³/mol. The molecule has 190 valence electrons. The van der Waals surface area contributed by atoms with Crippen molar-refractivity contribution in [3.8, 4) is 22.9 Å². The van der Waals surface area contributed by atoms with E-state index in [0.29, 0.717) is 29.0 Å². The Kier molecular flexibility index (Phi) is 6.57. The number of hydrogen-bond donors (Lipinski definition) is 0. The molecule has 0 atom stereocenters. The second kappa shape index (κ2) is 9.83. The molecule has 1 fully saturated rings. The SMILES string of the molecule is Cc1ccc(-c2nnc(-c3ccc(C(=O)N4CCN(S(=O)(=O)c5ccc(F)c(F)c5)CC4)cc3)o2)cc1. The van der Waals surface area contributed by atoms with Crippen molar-refractivity contribution in [3.63, 3.8) is 0 Å². The van der Waals surface area contributed by atoms with Crippen LogP contribution in [0.15, 0.2) is 76.0 Å². The van der Waals surface area contributed by atoms with Gasteiger partial charge in [-0.3, -0.25) is 4.79 Å². The topological polar surface area (TPSA) is 96.6 Å². The van der Waals surface area contributed by atoms with Crippen LogP contribution in [0.1, 0.15) is 15.9 Å². The molecule has 1 aliphatic rings. The Hall–Kier alpha value is -3.96. The van der Waals surface area contributed by atoms with Gasteiger partial charge in [0.2, 0.25) is 21.8 Å². The summed E-state index contributed by atoms with van der Waals surface area (Å²) in [7, 11) is -4.01. The van der Waals surface area contributed by atoms with Gasteiger partial charge >= 0.3 is 0 Å². The molecule has 0 radical (unpaired) electrons. The average Bonchev–Trinajstić information content (AvgIpc) is 3.41. The minimum Gasteiger partial charge on any atom is -0.416 e. The van der Waals surface area contributed by atoms with Gasteiger partial charge < -0.3 is 9.32 Å². The Morgan fingerprint density at radius 2 is 1.38 bits per heavy atom. The molecule has 2 heterocycles. The third-order valence-corrected chi connectivity index (χ3v) is 8.05. The number of hydrogen-bond acceptors (Lipinski definition) is 6. The van der Waals surface area contributed by atoms with Crippen LogP contribution in [0.25, 0.3) is 22.9 Å². The van der Waals surface area contributed by atoms with E-state index in [-0.39, 0.29) is 37.0 Å². The number of rotatable bonds is 5. The van der Waals surface area contributed by atoms with Crippen molar-refractivity contribution in [2.75, 3.05) is 26.2 Å². The first-order valence-electron chi connectivity index (χ1n) is 11.5. The first kappa shape index (κ1) is 24.7. The number of piperazine rings is 1. The molecule has 1 saturated heterocycles. The van der Waals surface area contributed by atoms with Gasteiger partial charge in [0.15, 0.2) is 11.6 Å². The standard InChI is InChI=1S/C26H22F2N4O4S/c1-17-2-4-18(5-3-17)24-29-30-25(36-24)19-6-8-20(9-7-19)26(33)31-12-14-32(15-13-31)37(34,35)21-10-11-22(27)23(28)16-21/h2-11,16H,12-15H2,1H3. The van der Waals surface area contributed by atoms with E-state index in [1.807, 2.05) is 31.2 Å². The molecule has 0 spiro atoms. The lowest BCUT2D eigenvalue weighted by Crippen LogP contribution is -2.50. The summed E-state index contributed by atoms with van der Waals surface area (Å²) in [5.74, 6) is -1.88. The number of aryl methyl sites for hydroxylation is 1. The van der Waals surface area contributed by atoms with E-state index in [2.05, 4.69) is 10.2 Å². The highest BCUT2D eigenvalue weighted by atomic mass is 32.2. The first-order chi connectivity index (χ1) is 17.7.